The zero-order valence-electron chi connectivity index (χ0n) is 16.4. The van der Waals surface area contributed by atoms with Crippen molar-refractivity contribution in [1.29, 1.82) is 0 Å². The van der Waals surface area contributed by atoms with E-state index in [1.54, 1.807) is 12.1 Å². The third-order valence-electron chi connectivity index (χ3n) is 5.40. The Hall–Kier alpha value is -2.25. The second kappa shape index (κ2) is 9.30. The van der Waals surface area contributed by atoms with Gasteiger partial charge in [0.15, 0.2) is 0 Å². The monoisotopic (exact) mass is 401 g/mol. The molecule has 2 atom stereocenters. The number of nitrogens with one attached hydrogen (secondary N) is 1. The molecule has 0 aliphatic carbocycles. The van der Waals surface area contributed by atoms with Crippen molar-refractivity contribution in [3.63, 3.8) is 0 Å². The number of nitro groups is 1. The summed E-state index contributed by atoms with van der Waals surface area (Å²) >= 11 is 1.83. The largest absolute Gasteiger partial charge is 0.351 e. The number of carbonyl (C=O) groups excluding carboxylic acids is 1. The van der Waals surface area contributed by atoms with Crippen molar-refractivity contribution in [1.82, 2.24) is 10.2 Å². The van der Waals surface area contributed by atoms with Gasteiger partial charge in [-0.1, -0.05) is 31.9 Å². The number of para-hydroxylation sites is 1. The summed E-state index contributed by atoms with van der Waals surface area (Å²) in [6, 6.07) is 9.12. The van der Waals surface area contributed by atoms with Crippen molar-refractivity contribution < 1.29 is 9.72 Å². The summed E-state index contributed by atoms with van der Waals surface area (Å²) in [7, 11) is 0. The van der Waals surface area contributed by atoms with E-state index in [2.05, 4.69) is 35.5 Å². The molecule has 3 rings (SSSR count). The second-order valence-corrected chi connectivity index (χ2v) is 8.24. The minimum Gasteiger partial charge on any atom is -0.351 e. The summed E-state index contributed by atoms with van der Waals surface area (Å²) in [4.78, 5) is 27.0. The number of benzene rings is 1. The number of thiophene rings is 1. The maximum atomic E-state index is 12.5. The van der Waals surface area contributed by atoms with E-state index in [1.165, 1.54) is 29.0 Å². The van der Waals surface area contributed by atoms with Crippen molar-refractivity contribution in [2.24, 2.45) is 0 Å². The van der Waals surface area contributed by atoms with Crippen LogP contribution in [0.5, 0.6) is 0 Å². The first kappa shape index (κ1) is 20.5. The van der Waals surface area contributed by atoms with Gasteiger partial charge in [0.25, 0.3) is 11.6 Å². The highest BCUT2D eigenvalue weighted by molar-refractivity contribution is 7.10. The van der Waals surface area contributed by atoms with Crippen LogP contribution in [0.15, 0.2) is 35.7 Å². The van der Waals surface area contributed by atoms with E-state index in [0.717, 1.165) is 25.8 Å². The van der Waals surface area contributed by atoms with Gasteiger partial charge in [0.1, 0.15) is 5.56 Å². The molecule has 0 radical (unpaired) electrons. The van der Waals surface area contributed by atoms with Gasteiger partial charge in [0, 0.05) is 36.1 Å². The lowest BCUT2D eigenvalue weighted by Gasteiger charge is -2.40. The number of hydrogen-bond donors (Lipinski definition) is 1. The lowest BCUT2D eigenvalue weighted by atomic mass is 9.93. The van der Waals surface area contributed by atoms with E-state index >= 15 is 0 Å². The average Bonchev–Trinajstić information content (AvgIpc) is 3.15. The Labute approximate surface area is 169 Å². The van der Waals surface area contributed by atoms with Crippen molar-refractivity contribution in [2.75, 3.05) is 13.1 Å². The summed E-state index contributed by atoms with van der Waals surface area (Å²) < 4.78 is 0. The normalized spacial score (nSPS) is 19.2. The maximum absolute atomic E-state index is 12.5. The van der Waals surface area contributed by atoms with Crippen LogP contribution in [0, 0.1) is 10.1 Å². The standard InChI is InChI=1S/C21H27N3O3S/c1-3-4-8-19-20-16(10-13-28-20)14-15(2)23(19)12-11-22-21(25)17-7-5-6-9-18(17)24(26)27/h5-7,9-10,13,15,19H,3-4,8,11-12,14H2,1-2H3,(H,22,25). The van der Waals surface area contributed by atoms with E-state index in [4.69, 9.17) is 0 Å². The third kappa shape index (κ3) is 4.42. The molecule has 7 heteroatoms. The highest BCUT2D eigenvalue weighted by atomic mass is 32.1. The number of unbranched alkanes of at least 4 members (excludes halogenated alkanes) is 1. The van der Waals surface area contributed by atoms with Gasteiger partial charge in [-0.25, -0.2) is 0 Å². The molecule has 1 aliphatic heterocycles. The molecule has 1 aromatic heterocycles. The average molecular weight is 402 g/mol. The van der Waals surface area contributed by atoms with Crippen LogP contribution in [0.1, 0.15) is 60.0 Å². The fourth-order valence-electron chi connectivity index (χ4n) is 3.99. The molecule has 0 saturated heterocycles. The van der Waals surface area contributed by atoms with Crippen LogP contribution in [0.3, 0.4) is 0 Å². The van der Waals surface area contributed by atoms with Gasteiger partial charge in [0.05, 0.1) is 4.92 Å². The number of nitrogens with zero attached hydrogens (tertiary/aromatic N) is 2. The molecule has 0 fully saturated rings. The van der Waals surface area contributed by atoms with E-state index in [1.807, 2.05) is 11.3 Å². The highest BCUT2D eigenvalue weighted by Gasteiger charge is 2.32. The number of nitro benzene ring substituents is 1. The van der Waals surface area contributed by atoms with Crippen molar-refractivity contribution >= 4 is 22.9 Å². The lowest BCUT2D eigenvalue weighted by Crippen LogP contribution is -2.45. The Kier molecular flexibility index (Phi) is 6.80. The first-order valence-electron chi connectivity index (χ1n) is 9.86. The quantitative estimate of drug-likeness (QED) is 0.519. The summed E-state index contributed by atoms with van der Waals surface area (Å²) in [6.07, 6.45) is 4.48. The van der Waals surface area contributed by atoms with E-state index in [-0.39, 0.29) is 17.2 Å². The number of fused-ring (bicyclic) bond motifs is 1. The first-order valence-corrected chi connectivity index (χ1v) is 10.7. The van der Waals surface area contributed by atoms with Crippen molar-refractivity contribution in [3.8, 4) is 0 Å². The smallest absolute Gasteiger partial charge is 0.282 e. The molecule has 2 heterocycles. The van der Waals surface area contributed by atoms with Crippen molar-refractivity contribution in [2.45, 2.75) is 51.6 Å². The number of hydrogen-bond acceptors (Lipinski definition) is 5. The Morgan fingerprint density at radius 3 is 2.89 bits per heavy atom. The van der Waals surface area contributed by atoms with Gasteiger partial charge in [-0.05, 0) is 42.8 Å². The third-order valence-corrected chi connectivity index (χ3v) is 6.46. The fraction of sp³-hybridized carbons (Fsp3) is 0.476. The number of amides is 1. The van der Waals surface area contributed by atoms with Gasteiger partial charge in [0.2, 0.25) is 0 Å². The predicted octanol–water partition coefficient (Wildman–Crippen LogP) is 4.56. The molecule has 0 bridgehead atoms. The molecule has 1 aromatic carbocycles. The molecule has 28 heavy (non-hydrogen) atoms. The van der Waals surface area contributed by atoms with Gasteiger partial charge < -0.3 is 5.32 Å². The van der Waals surface area contributed by atoms with Crippen LogP contribution in [-0.4, -0.2) is 34.9 Å². The zero-order valence-corrected chi connectivity index (χ0v) is 17.2. The molecule has 6 nitrogen and oxygen atoms in total. The van der Waals surface area contributed by atoms with Crippen LogP contribution in [-0.2, 0) is 6.42 Å². The molecule has 150 valence electrons. The molecule has 1 N–H and O–H groups in total. The van der Waals surface area contributed by atoms with Gasteiger partial charge in [-0.2, -0.15) is 0 Å². The van der Waals surface area contributed by atoms with Crippen LogP contribution >= 0.6 is 11.3 Å². The molecule has 0 saturated carbocycles. The summed E-state index contributed by atoms with van der Waals surface area (Å²) in [5.74, 6) is -0.390. The Morgan fingerprint density at radius 1 is 1.36 bits per heavy atom. The molecule has 2 unspecified atom stereocenters. The minimum absolute atomic E-state index is 0.113. The Morgan fingerprint density at radius 2 is 2.14 bits per heavy atom. The molecule has 2 aromatic rings. The summed E-state index contributed by atoms with van der Waals surface area (Å²) in [5.41, 5.74) is 1.41. The highest BCUT2D eigenvalue weighted by Crippen LogP contribution is 2.39. The Bertz CT molecular complexity index is 836. The maximum Gasteiger partial charge on any atom is 0.282 e. The SMILES string of the molecule is CCCCC1c2sccc2CC(C)N1CCNC(=O)c1ccccc1[N+](=O)[O-]. The van der Waals surface area contributed by atoms with Gasteiger partial charge in [-0.3, -0.25) is 19.8 Å². The summed E-state index contributed by atoms with van der Waals surface area (Å²) in [6.45, 7) is 5.65. The van der Waals surface area contributed by atoms with E-state index in [9.17, 15) is 14.9 Å². The Balaban J connectivity index is 1.66. The van der Waals surface area contributed by atoms with Crippen LogP contribution in [0.4, 0.5) is 5.69 Å². The molecule has 0 spiro atoms. The molecular formula is C21H27N3O3S. The minimum atomic E-state index is -0.513. The first-order chi connectivity index (χ1) is 13.5. The van der Waals surface area contributed by atoms with Crippen molar-refractivity contribution in [3.05, 3.63) is 61.8 Å². The van der Waals surface area contributed by atoms with Gasteiger partial charge in [-0.15, -0.1) is 11.3 Å². The molecule has 1 amide bonds. The fourth-order valence-corrected chi connectivity index (χ4v) is 5.08. The van der Waals surface area contributed by atoms with E-state index in [0.29, 0.717) is 18.6 Å². The molecule has 1 aliphatic rings. The van der Waals surface area contributed by atoms with Crippen LogP contribution in [0.25, 0.3) is 0 Å². The number of carbonyl (C=O) groups is 1. The molecular weight excluding hydrogens is 374 g/mol. The topological polar surface area (TPSA) is 75.5 Å². The van der Waals surface area contributed by atoms with E-state index < -0.39 is 4.92 Å². The lowest BCUT2D eigenvalue weighted by molar-refractivity contribution is -0.385. The van der Waals surface area contributed by atoms with Gasteiger partial charge >= 0.3 is 0 Å². The predicted molar refractivity (Wildman–Crippen MR) is 112 cm³/mol. The number of rotatable bonds is 8. The zero-order chi connectivity index (χ0) is 20.1. The van der Waals surface area contributed by atoms with Crippen LogP contribution < -0.4 is 5.32 Å². The summed E-state index contributed by atoms with van der Waals surface area (Å²) in [5, 5.41) is 16.2. The van der Waals surface area contributed by atoms with Crippen LogP contribution in [0.2, 0.25) is 0 Å². The second-order valence-electron chi connectivity index (χ2n) is 7.29.